The zero-order valence-corrected chi connectivity index (χ0v) is 13.7. The van der Waals surface area contributed by atoms with Gasteiger partial charge in [0, 0.05) is 5.56 Å². The standard InChI is InChI=1S/C19H22FNO2/c1-13(2)23-12-15-4-6-17(7-5-15)19(22)21-14(3)16-8-10-18(20)11-9-16/h4-11,13-14H,12H2,1-3H3,(H,21,22)/t14-/m1/s1. The SMILES string of the molecule is CC(C)OCc1ccc(C(=O)N[C@H](C)c2ccc(F)cc2)cc1. The first-order valence-electron chi connectivity index (χ1n) is 7.72. The van der Waals surface area contributed by atoms with Gasteiger partial charge >= 0.3 is 0 Å². The molecule has 0 bridgehead atoms. The summed E-state index contributed by atoms with van der Waals surface area (Å²) < 4.78 is 18.5. The van der Waals surface area contributed by atoms with Gasteiger partial charge in [0.25, 0.3) is 5.91 Å². The number of amides is 1. The third-order valence-electron chi connectivity index (χ3n) is 3.52. The monoisotopic (exact) mass is 315 g/mol. The number of hydrogen-bond acceptors (Lipinski definition) is 2. The maximum Gasteiger partial charge on any atom is 0.251 e. The van der Waals surface area contributed by atoms with E-state index >= 15 is 0 Å². The summed E-state index contributed by atoms with van der Waals surface area (Å²) in [6.45, 7) is 6.37. The summed E-state index contributed by atoms with van der Waals surface area (Å²) in [6.07, 6.45) is 0.175. The van der Waals surface area contributed by atoms with E-state index in [2.05, 4.69) is 5.32 Å². The number of hydrogen-bond donors (Lipinski definition) is 1. The molecule has 1 amide bonds. The fourth-order valence-corrected chi connectivity index (χ4v) is 2.13. The van der Waals surface area contributed by atoms with Crippen molar-refractivity contribution < 1.29 is 13.9 Å². The van der Waals surface area contributed by atoms with Gasteiger partial charge in [-0.2, -0.15) is 0 Å². The summed E-state index contributed by atoms with van der Waals surface area (Å²) >= 11 is 0. The van der Waals surface area contributed by atoms with Crippen molar-refractivity contribution >= 4 is 5.91 Å². The summed E-state index contributed by atoms with van der Waals surface area (Å²) in [7, 11) is 0. The number of benzene rings is 2. The first-order chi connectivity index (χ1) is 11.0. The second-order valence-electron chi connectivity index (χ2n) is 5.80. The quantitative estimate of drug-likeness (QED) is 0.866. The molecule has 0 spiro atoms. The van der Waals surface area contributed by atoms with Crippen LogP contribution in [0.25, 0.3) is 0 Å². The van der Waals surface area contributed by atoms with Crippen molar-refractivity contribution in [1.82, 2.24) is 5.32 Å². The highest BCUT2D eigenvalue weighted by molar-refractivity contribution is 5.94. The third-order valence-corrected chi connectivity index (χ3v) is 3.52. The first-order valence-corrected chi connectivity index (χ1v) is 7.72. The van der Waals surface area contributed by atoms with Crippen LogP contribution in [0.1, 0.15) is 48.3 Å². The molecule has 0 aliphatic rings. The van der Waals surface area contributed by atoms with Crippen molar-refractivity contribution in [3.8, 4) is 0 Å². The van der Waals surface area contributed by atoms with Gasteiger partial charge < -0.3 is 10.1 Å². The van der Waals surface area contributed by atoms with Crippen molar-refractivity contribution in [2.24, 2.45) is 0 Å². The predicted molar refractivity (Wildman–Crippen MR) is 88.6 cm³/mol. The molecule has 0 radical (unpaired) electrons. The van der Waals surface area contributed by atoms with E-state index in [0.717, 1.165) is 11.1 Å². The van der Waals surface area contributed by atoms with E-state index in [1.807, 2.05) is 32.9 Å². The Kier molecular flexibility index (Phi) is 5.88. The Labute approximate surface area is 136 Å². The second kappa shape index (κ2) is 7.88. The zero-order chi connectivity index (χ0) is 16.8. The van der Waals surface area contributed by atoms with Crippen LogP contribution in [0, 0.1) is 5.82 Å². The van der Waals surface area contributed by atoms with Crippen LogP contribution < -0.4 is 5.32 Å². The first kappa shape index (κ1) is 17.2. The summed E-state index contributed by atoms with van der Waals surface area (Å²) in [4.78, 5) is 12.3. The summed E-state index contributed by atoms with van der Waals surface area (Å²) in [5.41, 5.74) is 2.48. The van der Waals surface area contributed by atoms with Crippen LogP contribution in [0.5, 0.6) is 0 Å². The molecule has 0 saturated carbocycles. The maximum atomic E-state index is 12.9. The zero-order valence-electron chi connectivity index (χ0n) is 13.7. The molecule has 3 nitrogen and oxygen atoms in total. The molecule has 23 heavy (non-hydrogen) atoms. The Bertz CT molecular complexity index is 635. The fraction of sp³-hybridized carbons (Fsp3) is 0.316. The lowest BCUT2D eigenvalue weighted by Gasteiger charge is -2.14. The Balaban J connectivity index is 1.96. The van der Waals surface area contributed by atoms with Gasteiger partial charge in [0.05, 0.1) is 18.8 Å². The molecule has 122 valence electrons. The Morgan fingerprint density at radius 2 is 1.65 bits per heavy atom. The molecule has 0 unspecified atom stereocenters. The lowest BCUT2D eigenvalue weighted by atomic mass is 10.1. The highest BCUT2D eigenvalue weighted by Crippen LogP contribution is 2.14. The highest BCUT2D eigenvalue weighted by atomic mass is 19.1. The molecular weight excluding hydrogens is 293 g/mol. The summed E-state index contributed by atoms with van der Waals surface area (Å²) in [6, 6.07) is 13.3. The lowest BCUT2D eigenvalue weighted by Crippen LogP contribution is -2.26. The Hall–Kier alpha value is -2.20. The van der Waals surface area contributed by atoms with E-state index in [4.69, 9.17) is 4.74 Å². The van der Waals surface area contributed by atoms with Gasteiger partial charge in [-0.3, -0.25) is 4.79 Å². The minimum atomic E-state index is -0.286. The molecule has 4 heteroatoms. The van der Waals surface area contributed by atoms with Crippen molar-refractivity contribution in [2.75, 3.05) is 0 Å². The van der Waals surface area contributed by atoms with Crippen molar-refractivity contribution in [3.63, 3.8) is 0 Å². The molecule has 1 N–H and O–H groups in total. The van der Waals surface area contributed by atoms with Crippen LogP contribution in [-0.2, 0) is 11.3 Å². The van der Waals surface area contributed by atoms with E-state index in [9.17, 15) is 9.18 Å². The summed E-state index contributed by atoms with van der Waals surface area (Å²) in [5, 5.41) is 2.91. The van der Waals surface area contributed by atoms with E-state index in [1.165, 1.54) is 12.1 Å². The van der Waals surface area contributed by atoms with Crippen LogP contribution in [0.2, 0.25) is 0 Å². The van der Waals surface area contributed by atoms with Gasteiger partial charge in [0.1, 0.15) is 5.82 Å². The topological polar surface area (TPSA) is 38.3 Å². The van der Waals surface area contributed by atoms with Crippen molar-refractivity contribution in [2.45, 2.75) is 39.5 Å². The number of halogens is 1. The second-order valence-corrected chi connectivity index (χ2v) is 5.80. The van der Waals surface area contributed by atoms with Gasteiger partial charge in [0.2, 0.25) is 0 Å². The van der Waals surface area contributed by atoms with Gasteiger partial charge in [-0.1, -0.05) is 24.3 Å². The number of ether oxygens (including phenoxy) is 1. The average Bonchev–Trinajstić information content (AvgIpc) is 2.54. The van der Waals surface area contributed by atoms with E-state index in [-0.39, 0.29) is 23.9 Å². The molecule has 0 aliphatic heterocycles. The van der Waals surface area contributed by atoms with E-state index in [1.54, 1.807) is 24.3 Å². The van der Waals surface area contributed by atoms with Crippen LogP contribution in [0.15, 0.2) is 48.5 Å². The molecule has 2 rings (SSSR count). The van der Waals surface area contributed by atoms with Crippen molar-refractivity contribution in [3.05, 3.63) is 71.0 Å². The van der Waals surface area contributed by atoms with Gasteiger partial charge in [-0.25, -0.2) is 4.39 Å². The Morgan fingerprint density at radius 3 is 2.22 bits per heavy atom. The predicted octanol–water partition coefficient (Wildman–Crippen LogP) is 4.24. The molecule has 2 aromatic rings. The molecule has 0 aromatic heterocycles. The molecule has 1 atom stereocenters. The smallest absolute Gasteiger partial charge is 0.251 e. The number of rotatable bonds is 6. The van der Waals surface area contributed by atoms with Crippen molar-refractivity contribution in [1.29, 1.82) is 0 Å². The molecule has 0 saturated heterocycles. The van der Waals surface area contributed by atoms with Crippen LogP contribution in [0.4, 0.5) is 4.39 Å². The van der Waals surface area contributed by atoms with Gasteiger partial charge in [-0.15, -0.1) is 0 Å². The van der Waals surface area contributed by atoms with E-state index in [0.29, 0.717) is 12.2 Å². The lowest BCUT2D eigenvalue weighted by molar-refractivity contribution is 0.0656. The molecule has 0 fully saturated rings. The van der Waals surface area contributed by atoms with Crippen LogP contribution in [0.3, 0.4) is 0 Å². The third kappa shape index (κ3) is 5.18. The van der Waals surface area contributed by atoms with Gasteiger partial charge in [-0.05, 0) is 56.2 Å². The number of carbonyl (C=O) groups excluding carboxylic acids is 1. The van der Waals surface area contributed by atoms with Crippen LogP contribution >= 0.6 is 0 Å². The Morgan fingerprint density at radius 1 is 1.04 bits per heavy atom. The molecule has 0 aliphatic carbocycles. The highest BCUT2D eigenvalue weighted by Gasteiger charge is 2.11. The maximum absolute atomic E-state index is 12.9. The minimum Gasteiger partial charge on any atom is -0.374 e. The normalized spacial score (nSPS) is 12.2. The van der Waals surface area contributed by atoms with Crippen LogP contribution in [-0.4, -0.2) is 12.0 Å². The molecular formula is C19H22FNO2. The number of nitrogens with one attached hydrogen (secondary N) is 1. The number of carbonyl (C=O) groups is 1. The minimum absolute atomic E-state index is 0.154. The van der Waals surface area contributed by atoms with E-state index < -0.39 is 0 Å². The van der Waals surface area contributed by atoms with Gasteiger partial charge in [0.15, 0.2) is 0 Å². The molecule has 2 aromatic carbocycles. The fourth-order valence-electron chi connectivity index (χ4n) is 2.13. The molecule has 0 heterocycles. The summed E-state index contributed by atoms with van der Waals surface area (Å²) in [5.74, 6) is -0.440. The largest absolute Gasteiger partial charge is 0.374 e. The average molecular weight is 315 g/mol.